The summed E-state index contributed by atoms with van der Waals surface area (Å²) in [5.74, 6) is -2.19. The fraction of sp³-hybridized carbons (Fsp3) is 0.778. The Morgan fingerprint density at radius 2 is 1.89 bits per heavy atom. The molecule has 2 amide bonds. The van der Waals surface area contributed by atoms with Crippen molar-refractivity contribution >= 4 is 12.0 Å². The lowest BCUT2D eigenvalue weighted by atomic mass is 10.0. The first kappa shape index (κ1) is 16.5. The summed E-state index contributed by atoms with van der Waals surface area (Å²) in [5.41, 5.74) is -3.34. The Balaban J connectivity index is 4.73. The quantitative estimate of drug-likeness (QED) is 0.688. The smallest absolute Gasteiger partial charge is 0.422 e. The number of alkyl halides is 3. The number of ether oxygens (including phenoxy) is 1. The van der Waals surface area contributed by atoms with Gasteiger partial charge < -0.3 is 20.5 Å². The van der Waals surface area contributed by atoms with Crippen LogP contribution in [0.4, 0.5) is 18.0 Å². The number of halogens is 3. The first-order valence-electron chi connectivity index (χ1n) is 4.92. The van der Waals surface area contributed by atoms with Crippen LogP contribution in [-0.4, -0.2) is 48.6 Å². The summed E-state index contributed by atoms with van der Waals surface area (Å²) in [6.45, 7) is 1.95. The minimum atomic E-state index is -5.11. The predicted molar refractivity (Wildman–Crippen MR) is 55.1 cm³/mol. The third kappa shape index (κ3) is 4.06. The van der Waals surface area contributed by atoms with Crippen molar-refractivity contribution in [3.63, 3.8) is 0 Å². The lowest BCUT2D eigenvalue weighted by Gasteiger charge is -2.29. The average molecular weight is 272 g/mol. The third-order valence-electron chi connectivity index (χ3n) is 2.15. The van der Waals surface area contributed by atoms with Crippen LogP contribution < -0.4 is 10.6 Å². The molecule has 0 rings (SSSR count). The van der Waals surface area contributed by atoms with E-state index >= 15 is 0 Å². The van der Waals surface area contributed by atoms with Gasteiger partial charge in [-0.3, -0.25) is 0 Å². The standard InChI is InChI=1S/C9H15F3N2O4/c1-5(4-18-3)13-7(17)14-8(2,6(15)16)9(10,11)12/h5H,4H2,1-3H3,(H,15,16)(H2,13,14,17). The summed E-state index contributed by atoms with van der Waals surface area (Å²) >= 11 is 0. The van der Waals surface area contributed by atoms with Crippen LogP contribution in [0.5, 0.6) is 0 Å². The van der Waals surface area contributed by atoms with Gasteiger partial charge in [0.25, 0.3) is 0 Å². The Kier molecular flexibility index (Phi) is 5.40. The van der Waals surface area contributed by atoms with Crippen LogP contribution in [0.25, 0.3) is 0 Å². The molecule has 0 aliphatic rings. The number of nitrogens with one attached hydrogen (secondary N) is 2. The fourth-order valence-electron chi connectivity index (χ4n) is 1.02. The second kappa shape index (κ2) is 5.89. The monoisotopic (exact) mass is 272 g/mol. The Morgan fingerprint density at radius 3 is 2.22 bits per heavy atom. The Labute approximate surface area is 101 Å². The molecule has 0 radical (unpaired) electrons. The zero-order valence-corrected chi connectivity index (χ0v) is 10.1. The Hall–Kier alpha value is -1.51. The van der Waals surface area contributed by atoms with E-state index in [4.69, 9.17) is 5.11 Å². The van der Waals surface area contributed by atoms with Crippen LogP contribution >= 0.6 is 0 Å². The zero-order chi connectivity index (χ0) is 14.6. The van der Waals surface area contributed by atoms with Crippen molar-refractivity contribution in [1.29, 1.82) is 0 Å². The van der Waals surface area contributed by atoms with Crippen LogP contribution in [0, 0.1) is 0 Å². The maximum Gasteiger partial charge on any atom is 0.422 e. The van der Waals surface area contributed by atoms with Gasteiger partial charge in [0.05, 0.1) is 12.6 Å². The number of aliphatic carboxylic acids is 1. The first-order valence-corrected chi connectivity index (χ1v) is 4.92. The molecule has 2 unspecified atom stereocenters. The molecular formula is C9H15F3N2O4. The normalized spacial score (nSPS) is 16.6. The molecule has 18 heavy (non-hydrogen) atoms. The van der Waals surface area contributed by atoms with Gasteiger partial charge in [0.15, 0.2) is 0 Å². The molecule has 0 fully saturated rings. The minimum absolute atomic E-state index is 0.0865. The molecule has 6 nitrogen and oxygen atoms in total. The molecule has 0 saturated carbocycles. The highest BCUT2D eigenvalue weighted by Crippen LogP contribution is 2.30. The lowest BCUT2D eigenvalue weighted by Crippen LogP contribution is -2.64. The summed E-state index contributed by atoms with van der Waals surface area (Å²) in [4.78, 5) is 21.9. The van der Waals surface area contributed by atoms with E-state index in [0.29, 0.717) is 6.92 Å². The molecular weight excluding hydrogens is 257 g/mol. The highest BCUT2D eigenvalue weighted by molar-refractivity contribution is 5.86. The van der Waals surface area contributed by atoms with Crippen molar-refractivity contribution in [3.8, 4) is 0 Å². The number of rotatable bonds is 5. The van der Waals surface area contributed by atoms with Gasteiger partial charge in [-0.25, -0.2) is 9.59 Å². The van der Waals surface area contributed by atoms with Crippen LogP contribution in [0.2, 0.25) is 0 Å². The second-order valence-corrected chi connectivity index (χ2v) is 3.88. The van der Waals surface area contributed by atoms with Gasteiger partial charge >= 0.3 is 18.2 Å². The molecule has 0 aromatic carbocycles. The molecule has 0 saturated heterocycles. The van der Waals surface area contributed by atoms with Gasteiger partial charge in [-0.2, -0.15) is 13.2 Å². The van der Waals surface area contributed by atoms with E-state index in [9.17, 15) is 22.8 Å². The van der Waals surface area contributed by atoms with E-state index in [1.807, 2.05) is 0 Å². The van der Waals surface area contributed by atoms with Gasteiger partial charge in [-0.1, -0.05) is 0 Å². The molecule has 0 spiro atoms. The van der Waals surface area contributed by atoms with Crippen molar-refractivity contribution in [1.82, 2.24) is 10.6 Å². The van der Waals surface area contributed by atoms with Crippen molar-refractivity contribution in [2.45, 2.75) is 31.6 Å². The number of carboxylic acid groups (broad SMARTS) is 1. The number of carboxylic acids is 1. The summed E-state index contributed by atoms with van der Waals surface area (Å²) < 4.78 is 42.3. The summed E-state index contributed by atoms with van der Waals surface area (Å²) in [5, 5.41) is 12.1. The van der Waals surface area contributed by atoms with Crippen LogP contribution in [0.3, 0.4) is 0 Å². The lowest BCUT2D eigenvalue weighted by molar-refractivity contribution is -0.203. The maximum absolute atomic E-state index is 12.6. The Bertz CT molecular complexity index is 321. The summed E-state index contributed by atoms with van der Waals surface area (Å²) in [6.07, 6.45) is -5.11. The predicted octanol–water partition coefficient (Wildman–Crippen LogP) is 0.726. The van der Waals surface area contributed by atoms with Gasteiger partial charge in [0.2, 0.25) is 5.54 Å². The number of hydrogen-bond donors (Lipinski definition) is 3. The fourth-order valence-corrected chi connectivity index (χ4v) is 1.02. The topological polar surface area (TPSA) is 87.7 Å². The molecule has 0 aromatic heterocycles. The maximum atomic E-state index is 12.6. The molecule has 2 atom stereocenters. The molecule has 106 valence electrons. The van der Waals surface area contributed by atoms with Gasteiger partial charge in [-0.05, 0) is 13.8 Å². The Morgan fingerprint density at radius 1 is 1.39 bits per heavy atom. The largest absolute Gasteiger partial charge is 0.479 e. The van der Waals surface area contributed by atoms with Crippen LogP contribution in [0.1, 0.15) is 13.8 Å². The third-order valence-corrected chi connectivity index (χ3v) is 2.15. The van der Waals surface area contributed by atoms with Gasteiger partial charge in [-0.15, -0.1) is 0 Å². The highest BCUT2D eigenvalue weighted by atomic mass is 19.4. The summed E-state index contributed by atoms with van der Waals surface area (Å²) in [6, 6.07) is -1.79. The number of carbonyl (C=O) groups excluding carboxylic acids is 1. The molecule has 0 aliphatic heterocycles. The van der Waals surface area contributed by atoms with E-state index < -0.39 is 29.8 Å². The van der Waals surface area contributed by atoms with E-state index in [2.05, 4.69) is 10.1 Å². The van der Waals surface area contributed by atoms with Crippen molar-refractivity contribution in [2.24, 2.45) is 0 Å². The number of carbonyl (C=O) groups is 2. The summed E-state index contributed by atoms with van der Waals surface area (Å²) in [7, 11) is 1.35. The van der Waals surface area contributed by atoms with Crippen molar-refractivity contribution in [3.05, 3.63) is 0 Å². The highest BCUT2D eigenvalue weighted by Gasteiger charge is 2.58. The average Bonchev–Trinajstić information content (AvgIpc) is 2.14. The first-order chi connectivity index (χ1) is 8.04. The minimum Gasteiger partial charge on any atom is -0.479 e. The molecule has 0 aliphatic carbocycles. The molecule has 3 N–H and O–H groups in total. The number of urea groups is 1. The number of hydrogen-bond acceptors (Lipinski definition) is 3. The molecule has 0 bridgehead atoms. The second-order valence-electron chi connectivity index (χ2n) is 3.88. The SMILES string of the molecule is COCC(C)NC(=O)NC(C)(C(=O)O)C(F)(F)F. The number of amides is 2. The van der Waals surface area contributed by atoms with Gasteiger partial charge in [0, 0.05) is 7.11 Å². The zero-order valence-electron chi connectivity index (χ0n) is 10.1. The van der Waals surface area contributed by atoms with E-state index in [0.717, 1.165) is 0 Å². The van der Waals surface area contributed by atoms with Gasteiger partial charge in [0.1, 0.15) is 0 Å². The van der Waals surface area contributed by atoms with E-state index in [1.165, 1.54) is 19.4 Å². The van der Waals surface area contributed by atoms with Crippen LogP contribution in [-0.2, 0) is 9.53 Å². The molecule has 0 aromatic rings. The van der Waals surface area contributed by atoms with E-state index in [1.54, 1.807) is 0 Å². The number of methoxy groups -OCH3 is 1. The molecule has 0 heterocycles. The van der Waals surface area contributed by atoms with Crippen LogP contribution in [0.15, 0.2) is 0 Å². The van der Waals surface area contributed by atoms with Crippen molar-refractivity contribution in [2.75, 3.05) is 13.7 Å². The molecule has 9 heteroatoms. The van der Waals surface area contributed by atoms with Crippen molar-refractivity contribution < 1.29 is 32.6 Å². The van der Waals surface area contributed by atoms with E-state index in [-0.39, 0.29) is 6.61 Å².